The maximum atomic E-state index is 11.5. The van der Waals surface area contributed by atoms with Gasteiger partial charge in [-0.2, -0.15) is 0 Å². The second-order valence-corrected chi connectivity index (χ2v) is 3.48. The first kappa shape index (κ1) is 12.4. The molecule has 0 aliphatic heterocycles. The van der Waals surface area contributed by atoms with Crippen LogP contribution in [0.4, 0.5) is 5.95 Å². The highest BCUT2D eigenvalue weighted by molar-refractivity contribution is 5.93. The van der Waals surface area contributed by atoms with Crippen molar-refractivity contribution in [2.24, 2.45) is 0 Å². The van der Waals surface area contributed by atoms with Crippen LogP contribution in [-0.4, -0.2) is 29.0 Å². The minimum Gasteiger partial charge on any atom is -0.354 e. The zero-order valence-electron chi connectivity index (χ0n) is 9.79. The van der Waals surface area contributed by atoms with E-state index in [-0.39, 0.29) is 5.91 Å². The summed E-state index contributed by atoms with van der Waals surface area (Å²) in [6.45, 7) is 5.59. The van der Waals surface area contributed by atoms with Crippen LogP contribution in [0, 0.1) is 0 Å². The van der Waals surface area contributed by atoms with E-state index >= 15 is 0 Å². The molecule has 0 saturated carbocycles. The molecule has 1 aromatic rings. The third-order valence-corrected chi connectivity index (χ3v) is 1.98. The van der Waals surface area contributed by atoms with Gasteiger partial charge in [-0.3, -0.25) is 4.79 Å². The Kier molecular flexibility index (Phi) is 5.25. The third kappa shape index (κ3) is 3.84. The molecule has 0 atom stereocenters. The molecule has 1 amide bonds. The van der Waals surface area contributed by atoms with Gasteiger partial charge >= 0.3 is 0 Å². The van der Waals surface area contributed by atoms with Gasteiger partial charge in [0.05, 0.1) is 5.56 Å². The molecule has 0 unspecified atom stereocenters. The molecule has 88 valence electrons. The van der Waals surface area contributed by atoms with Crippen molar-refractivity contribution < 1.29 is 4.79 Å². The monoisotopic (exact) mass is 222 g/mol. The standard InChI is InChI=1S/C11H18N4O/c1-3-5-12-10(16)9-7-14-11(15-8-9)13-6-4-2/h7-8H,3-6H2,1-2H3,(H,12,16)(H,13,14,15). The lowest BCUT2D eigenvalue weighted by molar-refractivity contribution is 0.0953. The highest BCUT2D eigenvalue weighted by atomic mass is 16.1. The van der Waals surface area contributed by atoms with Gasteiger partial charge in [-0.15, -0.1) is 0 Å². The van der Waals surface area contributed by atoms with Crippen molar-refractivity contribution in [2.45, 2.75) is 26.7 Å². The Morgan fingerprint density at radius 1 is 1.19 bits per heavy atom. The number of carbonyl (C=O) groups excluding carboxylic acids is 1. The number of nitrogens with one attached hydrogen (secondary N) is 2. The highest BCUT2D eigenvalue weighted by Crippen LogP contribution is 2.00. The molecule has 0 aliphatic rings. The van der Waals surface area contributed by atoms with E-state index in [0.717, 1.165) is 19.4 Å². The largest absolute Gasteiger partial charge is 0.354 e. The number of nitrogens with zero attached hydrogens (tertiary/aromatic N) is 2. The van der Waals surface area contributed by atoms with Crippen LogP contribution in [0.1, 0.15) is 37.0 Å². The second kappa shape index (κ2) is 6.76. The number of hydrogen-bond acceptors (Lipinski definition) is 4. The molecule has 1 rings (SSSR count). The van der Waals surface area contributed by atoms with Crippen LogP contribution in [0.25, 0.3) is 0 Å². The van der Waals surface area contributed by atoms with Crippen LogP contribution >= 0.6 is 0 Å². The molecule has 0 saturated heterocycles. The van der Waals surface area contributed by atoms with E-state index in [1.54, 1.807) is 0 Å². The summed E-state index contributed by atoms with van der Waals surface area (Å²) in [7, 11) is 0. The lowest BCUT2D eigenvalue weighted by atomic mass is 10.3. The van der Waals surface area contributed by atoms with Gasteiger partial charge in [0.25, 0.3) is 5.91 Å². The predicted octanol–water partition coefficient (Wildman–Crippen LogP) is 1.44. The van der Waals surface area contributed by atoms with E-state index in [9.17, 15) is 4.79 Å². The van der Waals surface area contributed by atoms with Gasteiger partial charge in [-0.25, -0.2) is 9.97 Å². The molecule has 0 aliphatic carbocycles. The van der Waals surface area contributed by atoms with Crippen LogP contribution in [0.3, 0.4) is 0 Å². The maximum Gasteiger partial charge on any atom is 0.254 e. The van der Waals surface area contributed by atoms with Crippen LogP contribution in [0.5, 0.6) is 0 Å². The Morgan fingerprint density at radius 3 is 2.38 bits per heavy atom. The lowest BCUT2D eigenvalue weighted by Crippen LogP contribution is -2.24. The zero-order chi connectivity index (χ0) is 11.8. The quantitative estimate of drug-likeness (QED) is 0.764. The van der Waals surface area contributed by atoms with Crippen molar-refractivity contribution in [1.82, 2.24) is 15.3 Å². The Labute approximate surface area is 95.7 Å². The second-order valence-electron chi connectivity index (χ2n) is 3.48. The normalized spacial score (nSPS) is 9.88. The van der Waals surface area contributed by atoms with Gasteiger partial charge in [-0.1, -0.05) is 13.8 Å². The first-order chi connectivity index (χ1) is 7.77. The molecule has 1 aromatic heterocycles. The SMILES string of the molecule is CCCNC(=O)c1cnc(NCCC)nc1. The number of anilines is 1. The molecule has 5 heteroatoms. The van der Waals surface area contributed by atoms with Crippen molar-refractivity contribution >= 4 is 11.9 Å². The molecule has 0 fully saturated rings. The Bertz CT molecular complexity index is 323. The number of hydrogen-bond donors (Lipinski definition) is 2. The fourth-order valence-electron chi connectivity index (χ4n) is 1.11. The molecule has 1 heterocycles. The van der Waals surface area contributed by atoms with E-state index in [1.165, 1.54) is 12.4 Å². The van der Waals surface area contributed by atoms with Crippen molar-refractivity contribution in [2.75, 3.05) is 18.4 Å². The smallest absolute Gasteiger partial charge is 0.254 e. The van der Waals surface area contributed by atoms with Gasteiger partial charge in [0.2, 0.25) is 5.95 Å². The van der Waals surface area contributed by atoms with Crippen molar-refractivity contribution in [3.05, 3.63) is 18.0 Å². The first-order valence-corrected chi connectivity index (χ1v) is 5.62. The minimum atomic E-state index is -0.121. The van der Waals surface area contributed by atoms with Crippen LogP contribution < -0.4 is 10.6 Å². The van der Waals surface area contributed by atoms with Gasteiger partial charge in [0, 0.05) is 25.5 Å². The van der Waals surface area contributed by atoms with Gasteiger partial charge < -0.3 is 10.6 Å². The summed E-state index contributed by atoms with van der Waals surface area (Å²) in [5.41, 5.74) is 0.496. The number of aromatic nitrogens is 2. The van der Waals surface area contributed by atoms with Gasteiger partial charge in [-0.05, 0) is 12.8 Å². The topological polar surface area (TPSA) is 66.9 Å². The van der Waals surface area contributed by atoms with E-state index < -0.39 is 0 Å². The Hall–Kier alpha value is -1.65. The predicted molar refractivity (Wildman–Crippen MR) is 63.4 cm³/mol. The Morgan fingerprint density at radius 2 is 1.81 bits per heavy atom. The van der Waals surface area contributed by atoms with Crippen molar-refractivity contribution in [3.63, 3.8) is 0 Å². The van der Waals surface area contributed by atoms with Gasteiger partial charge in [0.15, 0.2) is 0 Å². The summed E-state index contributed by atoms with van der Waals surface area (Å²) in [6, 6.07) is 0. The molecule has 0 bridgehead atoms. The molecule has 5 nitrogen and oxygen atoms in total. The highest BCUT2D eigenvalue weighted by Gasteiger charge is 2.05. The summed E-state index contributed by atoms with van der Waals surface area (Å²) < 4.78 is 0. The van der Waals surface area contributed by atoms with E-state index in [2.05, 4.69) is 27.5 Å². The van der Waals surface area contributed by atoms with Crippen LogP contribution in [0.2, 0.25) is 0 Å². The van der Waals surface area contributed by atoms with E-state index in [4.69, 9.17) is 0 Å². The minimum absolute atomic E-state index is 0.121. The fraction of sp³-hybridized carbons (Fsp3) is 0.545. The molecule has 2 N–H and O–H groups in total. The molecule has 0 spiro atoms. The lowest BCUT2D eigenvalue weighted by Gasteiger charge is -2.04. The maximum absolute atomic E-state index is 11.5. The van der Waals surface area contributed by atoms with Crippen molar-refractivity contribution in [3.8, 4) is 0 Å². The number of carbonyl (C=O) groups is 1. The fourth-order valence-corrected chi connectivity index (χ4v) is 1.11. The summed E-state index contributed by atoms with van der Waals surface area (Å²) >= 11 is 0. The summed E-state index contributed by atoms with van der Waals surface area (Å²) in [4.78, 5) is 19.6. The summed E-state index contributed by atoms with van der Waals surface area (Å²) in [5.74, 6) is 0.442. The zero-order valence-corrected chi connectivity index (χ0v) is 9.79. The number of rotatable bonds is 6. The average molecular weight is 222 g/mol. The third-order valence-electron chi connectivity index (χ3n) is 1.98. The molecule has 0 radical (unpaired) electrons. The Balaban J connectivity index is 2.53. The molecule has 16 heavy (non-hydrogen) atoms. The molecule has 0 aromatic carbocycles. The van der Waals surface area contributed by atoms with E-state index in [0.29, 0.717) is 18.1 Å². The number of amides is 1. The average Bonchev–Trinajstić information content (AvgIpc) is 2.34. The molecular weight excluding hydrogens is 204 g/mol. The summed E-state index contributed by atoms with van der Waals surface area (Å²) in [5, 5.41) is 5.82. The van der Waals surface area contributed by atoms with Crippen LogP contribution in [0.15, 0.2) is 12.4 Å². The van der Waals surface area contributed by atoms with Crippen molar-refractivity contribution in [1.29, 1.82) is 0 Å². The van der Waals surface area contributed by atoms with Crippen LogP contribution in [-0.2, 0) is 0 Å². The first-order valence-electron chi connectivity index (χ1n) is 5.62. The van der Waals surface area contributed by atoms with Gasteiger partial charge in [0.1, 0.15) is 0 Å². The molecular formula is C11H18N4O. The van der Waals surface area contributed by atoms with E-state index in [1.807, 2.05) is 6.92 Å². The summed E-state index contributed by atoms with van der Waals surface area (Å²) in [6.07, 6.45) is 5.01.